The van der Waals surface area contributed by atoms with Gasteiger partial charge in [0.25, 0.3) is 5.91 Å². The Hall–Kier alpha value is -3.11. The van der Waals surface area contributed by atoms with E-state index >= 15 is 0 Å². The number of rotatable bonds is 3. The molecule has 0 radical (unpaired) electrons. The summed E-state index contributed by atoms with van der Waals surface area (Å²) in [6, 6.07) is 5.19. The summed E-state index contributed by atoms with van der Waals surface area (Å²) >= 11 is 0. The second-order valence-electron chi connectivity index (χ2n) is 6.63. The van der Waals surface area contributed by atoms with Gasteiger partial charge in [-0.2, -0.15) is 31.4 Å². The second kappa shape index (κ2) is 6.46. The molecule has 5 nitrogen and oxygen atoms in total. The molecule has 1 aliphatic rings. The van der Waals surface area contributed by atoms with E-state index in [-0.39, 0.29) is 22.8 Å². The molecule has 0 aliphatic heterocycles. The summed E-state index contributed by atoms with van der Waals surface area (Å²) in [5.41, 5.74) is -3.22. The van der Waals surface area contributed by atoms with E-state index in [0.717, 1.165) is 30.5 Å². The van der Waals surface area contributed by atoms with Crippen molar-refractivity contribution < 1.29 is 31.1 Å². The summed E-state index contributed by atoms with van der Waals surface area (Å²) in [4.78, 5) is 16.7. The standard InChI is InChI=1S/C18H12F6N4O/c19-17(20,21)11-3-1-2-4-12(11)27-16(29)10-8-25-28-14(18(22,23)24)7-13(9-5-6-9)26-15(10)28/h1-4,7-9H,5-6H2,(H,27,29). The van der Waals surface area contributed by atoms with Gasteiger partial charge in [0.15, 0.2) is 5.65 Å². The number of nitrogens with one attached hydrogen (secondary N) is 1. The van der Waals surface area contributed by atoms with Crippen molar-refractivity contribution in [1.82, 2.24) is 14.6 Å². The molecule has 1 N–H and O–H groups in total. The topological polar surface area (TPSA) is 59.3 Å². The summed E-state index contributed by atoms with van der Waals surface area (Å²) in [6.45, 7) is 0. The zero-order chi connectivity index (χ0) is 21.0. The Balaban J connectivity index is 1.77. The van der Waals surface area contributed by atoms with Crippen LogP contribution in [0.15, 0.2) is 36.5 Å². The Morgan fingerprint density at radius 3 is 2.38 bits per heavy atom. The van der Waals surface area contributed by atoms with E-state index in [4.69, 9.17) is 0 Å². The molecule has 1 saturated carbocycles. The number of anilines is 1. The Morgan fingerprint density at radius 1 is 1.07 bits per heavy atom. The highest BCUT2D eigenvalue weighted by Gasteiger charge is 2.38. The molecule has 2 aromatic heterocycles. The van der Waals surface area contributed by atoms with Crippen molar-refractivity contribution in [3.8, 4) is 0 Å². The van der Waals surface area contributed by atoms with Gasteiger partial charge in [-0.3, -0.25) is 4.79 Å². The van der Waals surface area contributed by atoms with Crippen LogP contribution < -0.4 is 5.32 Å². The summed E-state index contributed by atoms with van der Waals surface area (Å²) in [6.07, 6.45) is -7.25. The van der Waals surface area contributed by atoms with Crippen LogP contribution in [0.5, 0.6) is 0 Å². The highest BCUT2D eigenvalue weighted by Crippen LogP contribution is 2.41. The Labute approximate surface area is 159 Å². The lowest BCUT2D eigenvalue weighted by molar-refractivity contribution is -0.142. The summed E-state index contributed by atoms with van der Waals surface area (Å²) in [5.74, 6) is -1.18. The van der Waals surface area contributed by atoms with Crippen LogP contribution in [0, 0.1) is 0 Å². The minimum absolute atomic E-state index is 0.141. The van der Waals surface area contributed by atoms with Crippen molar-refractivity contribution in [3.63, 3.8) is 0 Å². The first-order valence-corrected chi connectivity index (χ1v) is 8.49. The van der Waals surface area contributed by atoms with Crippen LogP contribution in [0.3, 0.4) is 0 Å². The van der Waals surface area contributed by atoms with Gasteiger partial charge in [0, 0.05) is 11.6 Å². The molecule has 29 heavy (non-hydrogen) atoms. The number of carbonyl (C=O) groups excluding carboxylic acids is 1. The van der Waals surface area contributed by atoms with E-state index in [1.54, 1.807) is 0 Å². The van der Waals surface area contributed by atoms with Crippen LogP contribution in [0.1, 0.15) is 46.1 Å². The summed E-state index contributed by atoms with van der Waals surface area (Å²) in [5, 5.41) is 5.69. The third-order valence-corrected chi connectivity index (χ3v) is 4.50. The van der Waals surface area contributed by atoms with Crippen LogP contribution in [0.4, 0.5) is 32.0 Å². The molecule has 2 heterocycles. The number of hydrogen-bond acceptors (Lipinski definition) is 3. The van der Waals surface area contributed by atoms with Crippen LogP contribution in [-0.4, -0.2) is 20.5 Å². The van der Waals surface area contributed by atoms with E-state index in [1.807, 2.05) is 0 Å². The van der Waals surface area contributed by atoms with Gasteiger partial charge in [-0.1, -0.05) is 12.1 Å². The van der Waals surface area contributed by atoms with Gasteiger partial charge in [-0.05, 0) is 31.0 Å². The molecule has 4 rings (SSSR count). The monoisotopic (exact) mass is 414 g/mol. The lowest BCUT2D eigenvalue weighted by atomic mass is 10.1. The number of carbonyl (C=O) groups is 1. The lowest BCUT2D eigenvalue weighted by Gasteiger charge is -2.13. The number of amides is 1. The molecule has 1 amide bonds. The highest BCUT2D eigenvalue weighted by molar-refractivity contribution is 6.08. The van der Waals surface area contributed by atoms with E-state index in [1.165, 1.54) is 6.07 Å². The Kier molecular flexibility index (Phi) is 4.28. The molecule has 0 bridgehead atoms. The largest absolute Gasteiger partial charge is 0.433 e. The van der Waals surface area contributed by atoms with Gasteiger partial charge in [0.1, 0.15) is 11.3 Å². The molecule has 0 spiro atoms. The molecule has 0 atom stereocenters. The number of halogens is 6. The minimum atomic E-state index is -4.74. The zero-order valence-electron chi connectivity index (χ0n) is 14.5. The van der Waals surface area contributed by atoms with E-state index in [0.29, 0.717) is 17.4 Å². The number of nitrogens with zero attached hydrogens (tertiary/aromatic N) is 3. The van der Waals surface area contributed by atoms with Gasteiger partial charge in [-0.25, -0.2) is 9.50 Å². The molecule has 1 fully saturated rings. The summed E-state index contributed by atoms with van der Waals surface area (Å²) < 4.78 is 80.1. The van der Waals surface area contributed by atoms with Gasteiger partial charge < -0.3 is 5.32 Å². The van der Waals surface area contributed by atoms with Crippen LogP contribution in [0.2, 0.25) is 0 Å². The van der Waals surface area contributed by atoms with Crippen molar-refractivity contribution in [2.24, 2.45) is 0 Å². The van der Waals surface area contributed by atoms with Crippen molar-refractivity contribution in [2.45, 2.75) is 31.1 Å². The highest BCUT2D eigenvalue weighted by atomic mass is 19.4. The number of fused-ring (bicyclic) bond motifs is 1. The minimum Gasteiger partial charge on any atom is -0.321 e. The number of alkyl halides is 6. The molecular formula is C18H12F6N4O. The fourth-order valence-electron chi connectivity index (χ4n) is 2.96. The molecule has 0 saturated heterocycles. The Morgan fingerprint density at radius 2 is 1.76 bits per heavy atom. The van der Waals surface area contributed by atoms with Gasteiger partial charge in [0.05, 0.1) is 17.4 Å². The average Bonchev–Trinajstić information content (AvgIpc) is 3.39. The molecule has 3 aromatic rings. The maximum absolute atomic E-state index is 13.4. The van der Waals surface area contributed by atoms with Crippen LogP contribution >= 0.6 is 0 Å². The molecule has 1 aromatic carbocycles. The smallest absolute Gasteiger partial charge is 0.321 e. The van der Waals surface area contributed by atoms with Gasteiger partial charge in [0.2, 0.25) is 0 Å². The van der Waals surface area contributed by atoms with Crippen molar-refractivity contribution in [2.75, 3.05) is 5.32 Å². The predicted octanol–water partition coefficient (Wildman–Crippen LogP) is 4.90. The van der Waals surface area contributed by atoms with Gasteiger partial charge >= 0.3 is 12.4 Å². The first-order valence-electron chi connectivity index (χ1n) is 8.49. The number of hydrogen-bond donors (Lipinski definition) is 1. The second-order valence-corrected chi connectivity index (χ2v) is 6.63. The third kappa shape index (κ3) is 3.64. The van der Waals surface area contributed by atoms with Gasteiger partial charge in [-0.15, -0.1) is 0 Å². The Bertz CT molecular complexity index is 1100. The first-order chi connectivity index (χ1) is 13.6. The van der Waals surface area contributed by atoms with Crippen LogP contribution in [0.25, 0.3) is 5.65 Å². The SMILES string of the molecule is O=C(Nc1ccccc1C(F)(F)F)c1cnn2c(C(F)(F)F)cc(C3CC3)nc12. The summed E-state index contributed by atoms with van der Waals surface area (Å²) in [7, 11) is 0. The van der Waals surface area contributed by atoms with Crippen molar-refractivity contribution in [1.29, 1.82) is 0 Å². The zero-order valence-corrected chi connectivity index (χ0v) is 14.5. The normalized spacial score (nSPS) is 15.0. The van der Waals surface area contributed by atoms with Crippen LogP contribution in [-0.2, 0) is 12.4 Å². The predicted molar refractivity (Wildman–Crippen MR) is 89.4 cm³/mol. The maximum Gasteiger partial charge on any atom is 0.433 e. The fraction of sp³-hybridized carbons (Fsp3) is 0.278. The first kappa shape index (κ1) is 19.2. The lowest BCUT2D eigenvalue weighted by Crippen LogP contribution is -2.18. The van der Waals surface area contributed by atoms with E-state index in [2.05, 4.69) is 15.4 Å². The van der Waals surface area contributed by atoms with E-state index in [9.17, 15) is 31.1 Å². The molecule has 11 heteroatoms. The average molecular weight is 414 g/mol. The quantitative estimate of drug-likeness (QED) is 0.621. The maximum atomic E-state index is 13.4. The van der Waals surface area contributed by atoms with E-state index < -0.39 is 35.2 Å². The van der Waals surface area contributed by atoms with Crippen molar-refractivity contribution >= 4 is 17.2 Å². The molecule has 0 unspecified atom stereocenters. The molecule has 152 valence electrons. The fourth-order valence-corrected chi connectivity index (χ4v) is 2.96. The number of para-hydroxylation sites is 1. The molecule has 1 aliphatic carbocycles. The van der Waals surface area contributed by atoms with Crippen molar-refractivity contribution in [3.05, 3.63) is 59.0 Å². The third-order valence-electron chi connectivity index (χ3n) is 4.50. The molecular weight excluding hydrogens is 402 g/mol. The number of benzene rings is 1. The number of aromatic nitrogens is 3.